The van der Waals surface area contributed by atoms with Gasteiger partial charge in [0.25, 0.3) is 5.78 Å². The van der Waals surface area contributed by atoms with E-state index < -0.39 is 17.3 Å². The van der Waals surface area contributed by atoms with Gasteiger partial charge in [-0.25, -0.2) is 4.79 Å². The van der Waals surface area contributed by atoms with Crippen molar-refractivity contribution in [1.29, 1.82) is 0 Å². The number of benzene rings is 1. The number of hydrogen-bond donors (Lipinski definition) is 0. The van der Waals surface area contributed by atoms with Gasteiger partial charge in [-0.05, 0) is 36.0 Å². The molecule has 0 N–H and O–H groups in total. The highest BCUT2D eigenvalue weighted by Gasteiger charge is 2.29. The van der Waals surface area contributed by atoms with E-state index in [1.54, 1.807) is 0 Å². The summed E-state index contributed by atoms with van der Waals surface area (Å²) in [5.74, 6) is -1.95. The third-order valence-electron chi connectivity index (χ3n) is 1.72. The smallest absolute Gasteiger partial charge is 0.446 e. The summed E-state index contributed by atoms with van der Waals surface area (Å²) < 4.78 is 40.2. The van der Waals surface area contributed by atoms with Gasteiger partial charge in [0.15, 0.2) is 0 Å². The van der Waals surface area contributed by atoms with Crippen LogP contribution in [0.25, 0.3) is 0 Å². The van der Waals surface area contributed by atoms with Crippen LogP contribution in [0.2, 0.25) is 0 Å². The summed E-state index contributed by atoms with van der Waals surface area (Å²) in [7, 11) is 1.05. The maximum absolute atomic E-state index is 12.0. The molecule has 0 unspecified atom stereocenters. The van der Waals surface area contributed by atoms with Crippen LogP contribution in [0.1, 0.15) is 10.4 Å². The van der Waals surface area contributed by atoms with Crippen molar-refractivity contribution in [2.75, 3.05) is 7.11 Å². The number of halogens is 3. The summed E-state index contributed by atoms with van der Waals surface area (Å²) in [5, 5.41) is 0. The van der Waals surface area contributed by atoms with Crippen LogP contribution in [0.3, 0.4) is 0 Å². The number of methoxy groups -OCH3 is 1. The van der Waals surface area contributed by atoms with Gasteiger partial charge in [-0.15, -0.1) is 0 Å². The van der Waals surface area contributed by atoms with Crippen LogP contribution in [0, 0.1) is 0 Å². The largest absolute Gasteiger partial charge is 0.463 e. The van der Waals surface area contributed by atoms with Crippen molar-refractivity contribution in [1.82, 2.24) is 0 Å². The summed E-state index contributed by atoms with van der Waals surface area (Å²) in [6.45, 7) is 0. The van der Waals surface area contributed by atoms with Gasteiger partial charge < -0.3 is 4.74 Å². The highest BCUT2D eigenvalue weighted by atomic mass is 32.2. The molecule has 3 nitrogen and oxygen atoms in total. The van der Waals surface area contributed by atoms with Gasteiger partial charge in [-0.3, -0.25) is 4.79 Å². The third-order valence-corrected chi connectivity index (χ3v) is 2.46. The Balaban J connectivity index is 2.82. The Hall–Kier alpha value is -1.50. The number of ether oxygens (including phenoxy) is 1. The Kier molecular flexibility index (Phi) is 4.17. The van der Waals surface area contributed by atoms with Gasteiger partial charge in [-0.1, -0.05) is 0 Å². The molecule has 0 radical (unpaired) electrons. The molecule has 0 fully saturated rings. The SMILES string of the molecule is COC(=O)C(=O)c1ccc(SC(F)(F)F)cc1. The van der Waals surface area contributed by atoms with E-state index in [0.29, 0.717) is 0 Å². The molecule has 0 aliphatic heterocycles. The molecule has 1 aromatic carbocycles. The first-order valence-electron chi connectivity index (χ1n) is 4.32. The Morgan fingerprint density at radius 2 is 1.71 bits per heavy atom. The topological polar surface area (TPSA) is 43.4 Å². The molecule has 1 aromatic rings. The molecule has 0 bridgehead atoms. The van der Waals surface area contributed by atoms with Crippen LogP contribution in [0.5, 0.6) is 0 Å². The summed E-state index contributed by atoms with van der Waals surface area (Å²) in [5.41, 5.74) is -4.39. The minimum Gasteiger partial charge on any atom is -0.463 e. The third kappa shape index (κ3) is 4.10. The molecule has 17 heavy (non-hydrogen) atoms. The highest BCUT2D eigenvalue weighted by Crippen LogP contribution is 2.36. The van der Waals surface area contributed by atoms with E-state index in [9.17, 15) is 22.8 Å². The maximum atomic E-state index is 12.0. The van der Waals surface area contributed by atoms with E-state index in [1.165, 1.54) is 0 Å². The Labute approximate surface area is 98.9 Å². The molecule has 0 spiro atoms. The first kappa shape index (κ1) is 13.6. The van der Waals surface area contributed by atoms with Crippen molar-refractivity contribution in [3.05, 3.63) is 29.8 Å². The van der Waals surface area contributed by atoms with E-state index in [2.05, 4.69) is 4.74 Å². The van der Waals surface area contributed by atoms with E-state index in [0.717, 1.165) is 31.4 Å². The lowest BCUT2D eigenvalue weighted by Crippen LogP contribution is -2.15. The summed E-state index contributed by atoms with van der Waals surface area (Å²) in [6.07, 6.45) is 0. The fraction of sp³-hybridized carbons (Fsp3) is 0.200. The number of hydrogen-bond acceptors (Lipinski definition) is 4. The number of carbonyl (C=O) groups is 2. The van der Waals surface area contributed by atoms with Gasteiger partial charge in [-0.2, -0.15) is 13.2 Å². The number of esters is 1. The quantitative estimate of drug-likeness (QED) is 0.364. The zero-order valence-corrected chi connectivity index (χ0v) is 9.39. The van der Waals surface area contributed by atoms with Crippen molar-refractivity contribution in [3.8, 4) is 0 Å². The normalized spacial score (nSPS) is 11.1. The van der Waals surface area contributed by atoms with Crippen molar-refractivity contribution in [3.63, 3.8) is 0 Å². The van der Waals surface area contributed by atoms with Gasteiger partial charge >= 0.3 is 11.5 Å². The predicted octanol–water partition coefficient (Wildman–Crippen LogP) is 2.65. The zero-order valence-electron chi connectivity index (χ0n) is 8.58. The number of ketones is 1. The minimum atomic E-state index is -4.38. The van der Waals surface area contributed by atoms with Crippen LogP contribution >= 0.6 is 11.8 Å². The zero-order chi connectivity index (χ0) is 13.1. The van der Waals surface area contributed by atoms with Gasteiger partial charge in [0.2, 0.25) is 0 Å². The Morgan fingerprint density at radius 1 is 1.18 bits per heavy atom. The van der Waals surface area contributed by atoms with E-state index in [4.69, 9.17) is 0 Å². The van der Waals surface area contributed by atoms with Crippen LogP contribution in [-0.2, 0) is 9.53 Å². The molecule has 7 heteroatoms. The second kappa shape index (κ2) is 5.22. The van der Waals surface area contributed by atoms with Crippen molar-refractivity contribution in [2.24, 2.45) is 0 Å². The molecule has 92 valence electrons. The average molecular weight is 264 g/mol. The van der Waals surface area contributed by atoms with Crippen molar-refractivity contribution in [2.45, 2.75) is 10.4 Å². The maximum Gasteiger partial charge on any atom is 0.446 e. The average Bonchev–Trinajstić information content (AvgIpc) is 2.26. The fourth-order valence-corrected chi connectivity index (χ4v) is 1.56. The van der Waals surface area contributed by atoms with E-state index in [-0.39, 0.29) is 22.2 Å². The predicted molar refractivity (Wildman–Crippen MR) is 54.7 cm³/mol. The van der Waals surface area contributed by atoms with Crippen molar-refractivity contribution >= 4 is 23.5 Å². The van der Waals surface area contributed by atoms with Crippen molar-refractivity contribution < 1.29 is 27.5 Å². The first-order valence-corrected chi connectivity index (χ1v) is 5.13. The van der Waals surface area contributed by atoms with Gasteiger partial charge in [0, 0.05) is 10.5 Å². The summed E-state index contributed by atoms with van der Waals surface area (Å²) in [6, 6.07) is 4.53. The molecule has 0 amide bonds. The standard InChI is InChI=1S/C10H7F3O3S/c1-16-9(15)8(14)6-2-4-7(5-3-6)17-10(11,12)13/h2-5H,1H3. The van der Waals surface area contributed by atoms with E-state index >= 15 is 0 Å². The number of Topliss-reactive ketones (excluding diaryl/α,β-unsaturated/α-hetero) is 1. The lowest BCUT2D eigenvalue weighted by Gasteiger charge is -2.05. The number of thioether (sulfide) groups is 1. The molecule has 0 aliphatic carbocycles. The highest BCUT2D eigenvalue weighted by molar-refractivity contribution is 8.00. The lowest BCUT2D eigenvalue weighted by atomic mass is 10.1. The molecular formula is C10H7F3O3S. The lowest BCUT2D eigenvalue weighted by molar-refractivity contribution is -0.135. The molecule has 0 heterocycles. The number of rotatable bonds is 3. The summed E-state index contributed by atoms with van der Waals surface area (Å²) in [4.78, 5) is 22.1. The molecule has 0 aliphatic rings. The van der Waals surface area contributed by atoms with E-state index in [1.807, 2.05) is 0 Å². The molecule has 0 atom stereocenters. The fourth-order valence-electron chi connectivity index (χ4n) is 1.02. The van der Waals surface area contributed by atoms with Crippen LogP contribution in [-0.4, -0.2) is 24.4 Å². The number of alkyl halides is 3. The Morgan fingerprint density at radius 3 is 2.12 bits per heavy atom. The molecule has 0 saturated carbocycles. The van der Waals surface area contributed by atoms with Gasteiger partial charge in [0.1, 0.15) is 0 Å². The molecule has 0 saturated heterocycles. The monoisotopic (exact) mass is 264 g/mol. The second-order valence-corrected chi connectivity index (χ2v) is 4.03. The summed E-state index contributed by atoms with van der Waals surface area (Å²) >= 11 is -0.292. The molecule has 0 aromatic heterocycles. The number of carbonyl (C=O) groups excluding carboxylic acids is 2. The van der Waals surface area contributed by atoms with Gasteiger partial charge in [0.05, 0.1) is 7.11 Å². The Bertz CT molecular complexity index is 425. The van der Waals surface area contributed by atoms with Crippen LogP contribution in [0.15, 0.2) is 29.2 Å². The first-order chi connectivity index (χ1) is 7.83. The molecule has 1 rings (SSSR count). The van der Waals surface area contributed by atoms with Crippen LogP contribution < -0.4 is 0 Å². The minimum absolute atomic E-state index is 0.0108. The second-order valence-electron chi connectivity index (χ2n) is 2.89. The molecular weight excluding hydrogens is 257 g/mol. The van der Waals surface area contributed by atoms with Crippen LogP contribution in [0.4, 0.5) is 13.2 Å².